The number of hydrogen-bond acceptors (Lipinski definition) is 8. The van der Waals surface area contributed by atoms with E-state index in [4.69, 9.17) is 10.5 Å². The van der Waals surface area contributed by atoms with Gasteiger partial charge in [-0.05, 0) is 0 Å². The number of nitrogen functional groups attached to an aromatic ring is 1. The first kappa shape index (κ1) is 15.4. The van der Waals surface area contributed by atoms with Gasteiger partial charge in [-0.25, -0.2) is 9.97 Å². The molecule has 1 saturated heterocycles. The van der Waals surface area contributed by atoms with E-state index in [1.165, 1.54) is 10.9 Å². The molecule has 3 rings (SSSR count). The van der Waals surface area contributed by atoms with E-state index in [2.05, 4.69) is 26.4 Å². The predicted molar refractivity (Wildman–Crippen MR) is 80.4 cm³/mol. The molecule has 6 N–H and O–H groups in total. The summed E-state index contributed by atoms with van der Waals surface area (Å²) in [5, 5.41) is 29.8. The van der Waals surface area contributed by atoms with Gasteiger partial charge >= 0.3 is 6.07 Å². The Morgan fingerprint density at radius 3 is 2.87 bits per heavy atom. The number of fused-ring (bicyclic) bond motifs is 1. The summed E-state index contributed by atoms with van der Waals surface area (Å²) in [6, 6.07) is 2.76. The van der Waals surface area contributed by atoms with Gasteiger partial charge in [-0.15, -0.1) is 0 Å². The van der Waals surface area contributed by atoms with Crippen molar-refractivity contribution in [3.8, 4) is 6.07 Å². The minimum absolute atomic E-state index is 0.231. The van der Waals surface area contributed by atoms with Crippen molar-refractivity contribution in [2.45, 2.75) is 24.5 Å². The molecule has 1 aliphatic rings. The van der Waals surface area contributed by atoms with Crippen LogP contribution in [-0.2, 0) is 4.74 Å². The smallest absolute Gasteiger partial charge is 0.359 e. The SMILES string of the molecule is CN[N+]#Cc1cn([C@@H]2O[C@H](CO)[C@@H](O)[C@H]2O)c2ncnc(N)c12. The lowest BCUT2D eigenvalue weighted by Gasteiger charge is -2.17. The quantitative estimate of drug-likeness (QED) is 0.418. The standard InChI is InChI=1S/C13H17N6O4/c1-15-18-2-6-3-19(12-8(6)11(14)16-5-17-12)13-10(22)9(21)7(4-20)23-13/h3,5,7,9-10,13,15,20-22H,4H2,1H3,(H2,14,16,17)/q+1/t7-,9-,10-,13-/m1/s1. The summed E-state index contributed by atoms with van der Waals surface area (Å²) in [7, 11) is 1.62. The van der Waals surface area contributed by atoms with Gasteiger partial charge in [0.05, 0.1) is 24.0 Å². The van der Waals surface area contributed by atoms with E-state index in [-0.39, 0.29) is 5.82 Å². The molecule has 0 amide bonds. The predicted octanol–water partition coefficient (Wildman–Crippen LogP) is -1.56. The molecule has 3 heterocycles. The van der Waals surface area contributed by atoms with E-state index in [0.717, 1.165) is 0 Å². The fourth-order valence-electron chi connectivity index (χ4n) is 2.61. The van der Waals surface area contributed by atoms with Crippen LogP contribution in [0.15, 0.2) is 12.5 Å². The van der Waals surface area contributed by atoms with Crippen LogP contribution in [0, 0.1) is 6.07 Å². The minimum Gasteiger partial charge on any atom is -0.394 e. The van der Waals surface area contributed by atoms with Gasteiger partial charge < -0.3 is 30.4 Å². The normalized spacial score (nSPS) is 27.0. The van der Waals surface area contributed by atoms with Crippen LogP contribution >= 0.6 is 0 Å². The highest BCUT2D eigenvalue weighted by Crippen LogP contribution is 2.34. The van der Waals surface area contributed by atoms with Crippen molar-refractivity contribution < 1.29 is 20.1 Å². The maximum Gasteiger partial charge on any atom is 0.359 e. The Hall–Kier alpha value is -2.45. The number of aliphatic hydroxyl groups excluding tert-OH is 3. The molecule has 122 valence electrons. The zero-order valence-electron chi connectivity index (χ0n) is 12.3. The molecule has 0 bridgehead atoms. The number of ether oxygens (including phenoxy) is 1. The third kappa shape index (κ3) is 2.45. The Kier molecular flexibility index (Phi) is 4.01. The molecule has 0 unspecified atom stereocenters. The minimum atomic E-state index is -1.23. The van der Waals surface area contributed by atoms with Crippen molar-refractivity contribution >= 4 is 16.9 Å². The Balaban J connectivity index is 2.14. The molecule has 10 heteroatoms. The number of aliphatic hydroxyl groups is 3. The molecule has 0 aromatic carbocycles. The monoisotopic (exact) mass is 321 g/mol. The second-order valence-electron chi connectivity index (χ2n) is 5.08. The molecule has 1 aliphatic heterocycles. The molecule has 4 atom stereocenters. The summed E-state index contributed by atoms with van der Waals surface area (Å²) in [6.45, 7) is -0.411. The molecule has 1 fully saturated rings. The Labute approximate surface area is 130 Å². The van der Waals surface area contributed by atoms with Crippen molar-refractivity contribution in [1.82, 2.24) is 20.0 Å². The lowest BCUT2D eigenvalue weighted by atomic mass is 10.1. The van der Waals surface area contributed by atoms with Crippen LogP contribution in [-0.4, -0.2) is 61.8 Å². The number of nitrogens with one attached hydrogen (secondary N) is 1. The number of nitrogens with two attached hydrogens (primary N) is 1. The first-order chi connectivity index (χ1) is 11.1. The Bertz CT molecular complexity index is 782. The van der Waals surface area contributed by atoms with Gasteiger partial charge in [-0.3, -0.25) is 0 Å². The van der Waals surface area contributed by atoms with E-state index in [9.17, 15) is 15.3 Å². The number of nitrogens with zero attached hydrogens (tertiary/aromatic N) is 4. The van der Waals surface area contributed by atoms with E-state index < -0.39 is 31.1 Å². The van der Waals surface area contributed by atoms with Crippen LogP contribution in [0.1, 0.15) is 11.8 Å². The first-order valence-electron chi connectivity index (χ1n) is 6.94. The highest BCUT2D eigenvalue weighted by atomic mass is 16.6. The number of aromatic nitrogens is 3. The fraction of sp³-hybridized carbons (Fsp3) is 0.462. The zero-order valence-corrected chi connectivity index (χ0v) is 12.3. The lowest BCUT2D eigenvalue weighted by molar-refractivity contribution is -0.0508. The first-order valence-corrected chi connectivity index (χ1v) is 6.94. The van der Waals surface area contributed by atoms with E-state index >= 15 is 0 Å². The largest absolute Gasteiger partial charge is 0.394 e. The van der Waals surface area contributed by atoms with Crippen LogP contribution in [0.25, 0.3) is 16.0 Å². The van der Waals surface area contributed by atoms with E-state index in [1.807, 2.05) is 0 Å². The van der Waals surface area contributed by atoms with Gasteiger partial charge in [-0.2, -0.15) is 0 Å². The maximum absolute atomic E-state index is 10.2. The summed E-state index contributed by atoms with van der Waals surface area (Å²) in [5.41, 5.74) is 9.39. The molecular formula is C13H17N6O4+. The van der Waals surface area contributed by atoms with Gasteiger partial charge in [0.25, 0.3) is 0 Å². The average Bonchev–Trinajstić information content (AvgIpc) is 3.05. The molecule has 0 spiro atoms. The van der Waals surface area contributed by atoms with Gasteiger partial charge in [0.15, 0.2) is 6.23 Å². The molecule has 23 heavy (non-hydrogen) atoms. The van der Waals surface area contributed by atoms with Crippen molar-refractivity contribution in [3.63, 3.8) is 0 Å². The van der Waals surface area contributed by atoms with Crippen LogP contribution in [0.4, 0.5) is 5.82 Å². The molecule has 0 radical (unpaired) electrons. The number of hydrogen-bond donors (Lipinski definition) is 5. The highest BCUT2D eigenvalue weighted by Gasteiger charge is 2.44. The van der Waals surface area contributed by atoms with Crippen LogP contribution < -0.4 is 11.2 Å². The summed E-state index contributed by atoms with van der Waals surface area (Å²) >= 11 is 0. The molecular weight excluding hydrogens is 304 g/mol. The fourth-order valence-corrected chi connectivity index (χ4v) is 2.61. The van der Waals surface area contributed by atoms with Gasteiger partial charge in [0.1, 0.15) is 41.7 Å². The van der Waals surface area contributed by atoms with Crippen LogP contribution in [0.5, 0.6) is 0 Å². The maximum atomic E-state index is 10.2. The zero-order chi connectivity index (χ0) is 16.6. The molecule has 0 saturated carbocycles. The summed E-state index contributed by atoms with van der Waals surface area (Å²) < 4.78 is 7.04. The molecule has 10 nitrogen and oxygen atoms in total. The van der Waals surface area contributed by atoms with Gasteiger partial charge in [-0.1, -0.05) is 5.43 Å². The van der Waals surface area contributed by atoms with Gasteiger partial charge in [0.2, 0.25) is 0 Å². The van der Waals surface area contributed by atoms with Crippen LogP contribution in [0.2, 0.25) is 0 Å². The Morgan fingerprint density at radius 1 is 1.43 bits per heavy atom. The number of rotatable bonds is 2. The lowest BCUT2D eigenvalue weighted by Crippen LogP contribution is -2.33. The van der Waals surface area contributed by atoms with Crippen LogP contribution in [0.3, 0.4) is 0 Å². The summed E-state index contributed by atoms with van der Waals surface area (Å²) in [4.78, 5) is 11.9. The third-order valence-electron chi connectivity index (χ3n) is 3.72. The van der Waals surface area contributed by atoms with Crippen molar-refractivity contribution in [3.05, 3.63) is 23.0 Å². The van der Waals surface area contributed by atoms with Crippen molar-refractivity contribution in [1.29, 1.82) is 0 Å². The van der Waals surface area contributed by atoms with Crippen molar-refractivity contribution in [2.75, 3.05) is 19.4 Å². The number of anilines is 1. The van der Waals surface area contributed by atoms with Crippen molar-refractivity contribution in [2.24, 2.45) is 0 Å². The highest BCUT2D eigenvalue weighted by molar-refractivity contribution is 5.92. The topological polar surface area (TPSA) is 143 Å². The third-order valence-corrected chi connectivity index (χ3v) is 3.72. The van der Waals surface area contributed by atoms with E-state index in [1.54, 1.807) is 13.2 Å². The Morgan fingerprint density at radius 2 is 2.22 bits per heavy atom. The summed E-state index contributed by atoms with van der Waals surface area (Å²) in [6.07, 6.45) is -1.37. The molecule has 2 aromatic heterocycles. The second-order valence-corrected chi connectivity index (χ2v) is 5.08. The molecule has 2 aromatic rings. The summed E-state index contributed by atoms with van der Waals surface area (Å²) in [5.74, 6) is 0.231. The van der Waals surface area contributed by atoms with Gasteiger partial charge in [0, 0.05) is 6.20 Å². The second kappa shape index (κ2) is 5.98. The van der Waals surface area contributed by atoms with E-state index in [0.29, 0.717) is 16.6 Å². The molecule has 0 aliphatic carbocycles. The average molecular weight is 321 g/mol.